The predicted octanol–water partition coefficient (Wildman–Crippen LogP) is -2.84. The number of hydrogen-bond acceptors (Lipinski definition) is 4. The van der Waals surface area contributed by atoms with Crippen molar-refractivity contribution in [3.63, 3.8) is 0 Å². The summed E-state index contributed by atoms with van der Waals surface area (Å²) in [5.41, 5.74) is 2.45. The van der Waals surface area contributed by atoms with E-state index in [9.17, 15) is 8.42 Å². The topological polar surface area (TPSA) is 81.4 Å². The second kappa shape index (κ2) is 6.34. The maximum Gasteiger partial charge on any atom is 1.00 e. The van der Waals surface area contributed by atoms with Crippen LogP contribution in [0.5, 0.6) is 0 Å². The third kappa shape index (κ3) is 6.84. The zero-order valence-corrected chi connectivity index (χ0v) is 10.6. The molecule has 7 heteroatoms. The van der Waals surface area contributed by atoms with E-state index in [1.54, 1.807) is 0 Å². The normalized spacial score (nSPS) is 19.5. The summed E-state index contributed by atoms with van der Waals surface area (Å²) in [6.07, 6.45) is 5.36. The zero-order chi connectivity index (χ0) is 9.03. The second-order valence-electron chi connectivity index (χ2n) is 3.03. The molecule has 3 N–H and O–H groups in total. The second-order valence-corrected chi connectivity index (χ2v) is 4.18. The molecule has 1 aliphatic rings. The van der Waals surface area contributed by atoms with Crippen LogP contribution in [0.2, 0.25) is 0 Å². The third-order valence-electron chi connectivity index (χ3n) is 1.94. The number of hydrogen-bond donors (Lipinski definition) is 2. The molecule has 13 heavy (non-hydrogen) atoms. The van der Waals surface area contributed by atoms with Crippen LogP contribution in [0.3, 0.4) is 0 Å². The van der Waals surface area contributed by atoms with Crippen molar-refractivity contribution in [2.45, 2.75) is 38.1 Å². The molecule has 1 fully saturated rings. The number of nitrogens with two attached hydrogens (primary N) is 1. The molecule has 74 valence electrons. The van der Waals surface area contributed by atoms with E-state index in [4.69, 9.17) is 0 Å². The van der Waals surface area contributed by atoms with E-state index in [0.717, 1.165) is 25.7 Å². The summed E-state index contributed by atoms with van der Waals surface area (Å²) in [6.45, 7) is 0. The first-order valence-electron chi connectivity index (χ1n) is 4.04. The van der Waals surface area contributed by atoms with Crippen molar-refractivity contribution in [3.8, 4) is 0 Å². The van der Waals surface area contributed by atoms with Crippen LogP contribution in [0, 0.1) is 0 Å². The molecule has 0 amide bonds. The van der Waals surface area contributed by atoms with E-state index < -0.39 is 10.3 Å². The summed E-state index contributed by atoms with van der Waals surface area (Å²) in [5.74, 6) is 0. The van der Waals surface area contributed by atoms with Crippen LogP contribution >= 0.6 is 0 Å². The van der Waals surface area contributed by atoms with Gasteiger partial charge >= 0.3 is 39.9 Å². The molecule has 0 atom stereocenters. The maximum atomic E-state index is 10.4. The van der Waals surface area contributed by atoms with Gasteiger partial charge in [-0.3, -0.25) is 0 Å². The standard InChI is InChI=1S/C6H14N2O3S.Na.H/c7-12(9,10)11-8-6-4-2-1-3-5-6;;/h6,8H,1-5H2,(H2,7,9,10);;/q;+1;-1. The van der Waals surface area contributed by atoms with Crippen LogP contribution in [0.25, 0.3) is 0 Å². The minimum absolute atomic E-state index is 0. The van der Waals surface area contributed by atoms with Gasteiger partial charge in [0.1, 0.15) is 0 Å². The quantitative estimate of drug-likeness (QED) is 0.395. The molecule has 0 aromatic heterocycles. The van der Waals surface area contributed by atoms with Gasteiger partial charge in [-0.15, -0.1) is 0 Å². The molecule has 0 heterocycles. The van der Waals surface area contributed by atoms with E-state index in [0.29, 0.717) is 0 Å². The summed E-state index contributed by atoms with van der Waals surface area (Å²) in [6, 6.07) is 0.136. The average Bonchev–Trinajstić information content (AvgIpc) is 2.02. The fraction of sp³-hybridized carbons (Fsp3) is 1.00. The van der Waals surface area contributed by atoms with E-state index in [1.807, 2.05) is 0 Å². The molecule has 1 saturated carbocycles. The van der Waals surface area contributed by atoms with E-state index >= 15 is 0 Å². The Morgan fingerprint density at radius 1 is 1.31 bits per heavy atom. The molecule has 0 aliphatic heterocycles. The minimum atomic E-state index is -3.83. The molecular weight excluding hydrogens is 203 g/mol. The molecular formula is C6H15N2NaO3S. The Bertz CT molecular complexity index is 231. The van der Waals surface area contributed by atoms with Gasteiger partial charge in [0, 0.05) is 6.04 Å². The summed E-state index contributed by atoms with van der Waals surface area (Å²) < 4.78 is 25.0. The number of rotatable bonds is 3. The first-order chi connectivity index (χ1) is 5.58. The van der Waals surface area contributed by atoms with Crippen molar-refractivity contribution in [1.29, 1.82) is 0 Å². The van der Waals surface area contributed by atoms with E-state index in [-0.39, 0.29) is 37.0 Å². The van der Waals surface area contributed by atoms with Gasteiger partial charge in [0.25, 0.3) is 0 Å². The predicted molar refractivity (Wildman–Crippen MR) is 45.3 cm³/mol. The Labute approximate surface area is 102 Å². The van der Waals surface area contributed by atoms with Crippen LogP contribution in [-0.2, 0) is 14.6 Å². The molecule has 0 unspecified atom stereocenters. The minimum Gasteiger partial charge on any atom is -1.00 e. The first kappa shape index (κ1) is 13.8. The van der Waals surface area contributed by atoms with Gasteiger partial charge in [-0.25, -0.2) is 5.14 Å². The van der Waals surface area contributed by atoms with Crippen LogP contribution in [0.4, 0.5) is 0 Å². The van der Waals surface area contributed by atoms with Crippen LogP contribution < -0.4 is 40.2 Å². The number of hydroxylamine groups is 1. The maximum absolute atomic E-state index is 10.4. The SMILES string of the molecule is NS(=O)(=O)ONC1CCCCC1.[H-].[Na+]. The van der Waals surface area contributed by atoms with Gasteiger partial charge in [-0.05, 0) is 12.8 Å². The van der Waals surface area contributed by atoms with Gasteiger partial charge in [-0.1, -0.05) is 19.3 Å². The molecule has 5 nitrogen and oxygen atoms in total. The van der Waals surface area contributed by atoms with E-state index in [1.165, 1.54) is 6.42 Å². The molecule has 0 radical (unpaired) electrons. The zero-order valence-electron chi connectivity index (χ0n) is 8.82. The van der Waals surface area contributed by atoms with Crippen molar-refractivity contribution in [2.75, 3.05) is 0 Å². The van der Waals surface area contributed by atoms with Gasteiger partial charge in [0.2, 0.25) is 0 Å². The molecule has 1 aliphatic carbocycles. The fourth-order valence-corrected chi connectivity index (χ4v) is 1.63. The molecule has 0 spiro atoms. The molecule has 0 aromatic rings. The van der Waals surface area contributed by atoms with Crippen molar-refractivity contribution in [2.24, 2.45) is 5.14 Å². The van der Waals surface area contributed by atoms with Gasteiger partial charge < -0.3 is 1.43 Å². The van der Waals surface area contributed by atoms with E-state index in [2.05, 4.69) is 14.9 Å². The van der Waals surface area contributed by atoms with Gasteiger partial charge in [0.15, 0.2) is 0 Å². The first-order valence-corrected chi connectivity index (χ1v) is 5.52. The van der Waals surface area contributed by atoms with Crippen LogP contribution in [0.15, 0.2) is 0 Å². The Hall–Kier alpha value is 0.830. The molecule has 0 bridgehead atoms. The Kier molecular flexibility index (Phi) is 6.74. The van der Waals surface area contributed by atoms with Crippen molar-refractivity contribution < 1.29 is 43.7 Å². The Morgan fingerprint density at radius 2 is 1.85 bits per heavy atom. The monoisotopic (exact) mass is 218 g/mol. The smallest absolute Gasteiger partial charge is 1.00 e. The van der Waals surface area contributed by atoms with Gasteiger partial charge in [0.05, 0.1) is 0 Å². The Morgan fingerprint density at radius 3 is 2.31 bits per heavy atom. The molecule has 0 aromatic carbocycles. The van der Waals surface area contributed by atoms with Crippen molar-refractivity contribution in [3.05, 3.63) is 0 Å². The average molecular weight is 218 g/mol. The third-order valence-corrected chi connectivity index (χ3v) is 2.26. The number of nitrogens with one attached hydrogen (secondary N) is 1. The summed E-state index contributed by atoms with van der Waals surface area (Å²) in [4.78, 5) is 0. The fourth-order valence-electron chi connectivity index (χ4n) is 1.36. The van der Waals surface area contributed by atoms with Gasteiger partial charge in [-0.2, -0.15) is 18.2 Å². The molecule has 0 saturated heterocycles. The summed E-state index contributed by atoms with van der Waals surface area (Å²) >= 11 is 0. The van der Waals surface area contributed by atoms with Crippen molar-refractivity contribution >= 4 is 10.3 Å². The molecule has 1 rings (SSSR count). The van der Waals surface area contributed by atoms with Crippen LogP contribution in [0.1, 0.15) is 33.5 Å². The largest absolute Gasteiger partial charge is 1.00 e. The Balaban J connectivity index is 0. The summed E-state index contributed by atoms with van der Waals surface area (Å²) in [5, 5.41) is 4.64. The van der Waals surface area contributed by atoms with Crippen molar-refractivity contribution in [1.82, 2.24) is 5.48 Å². The van der Waals surface area contributed by atoms with Crippen LogP contribution in [-0.4, -0.2) is 14.5 Å². The summed E-state index contributed by atoms with van der Waals surface area (Å²) in [7, 11) is -3.83.